The summed E-state index contributed by atoms with van der Waals surface area (Å²) >= 11 is 0. The van der Waals surface area contributed by atoms with E-state index in [1.165, 1.54) is 12.8 Å². The molecule has 4 heteroatoms. The lowest BCUT2D eigenvalue weighted by Gasteiger charge is -2.19. The Kier molecular flexibility index (Phi) is 2.37. The van der Waals surface area contributed by atoms with Crippen LogP contribution in [-0.2, 0) is 14.2 Å². The highest BCUT2D eigenvalue weighted by Crippen LogP contribution is 2.38. The van der Waals surface area contributed by atoms with Crippen LogP contribution in [0.3, 0.4) is 0 Å². The molecule has 2 atom stereocenters. The molecule has 3 aliphatic rings. The Hall–Kier alpha value is -0.740. The van der Waals surface area contributed by atoms with Crippen molar-refractivity contribution in [3.8, 4) is 0 Å². The summed E-state index contributed by atoms with van der Waals surface area (Å²) in [6.07, 6.45) is 5.41. The summed E-state index contributed by atoms with van der Waals surface area (Å²) in [5.74, 6) is 0.515. The van der Waals surface area contributed by atoms with Crippen molar-refractivity contribution in [1.29, 1.82) is 0 Å². The summed E-state index contributed by atoms with van der Waals surface area (Å²) in [6.45, 7) is 6.15. The molecule has 16 heavy (non-hydrogen) atoms. The number of hydrogen-bond donors (Lipinski definition) is 0. The van der Waals surface area contributed by atoms with Gasteiger partial charge in [-0.25, -0.2) is 0 Å². The van der Waals surface area contributed by atoms with Crippen LogP contribution in [-0.4, -0.2) is 36.2 Å². The lowest BCUT2D eigenvalue weighted by Crippen LogP contribution is -2.22. The first-order chi connectivity index (χ1) is 7.62. The fourth-order valence-corrected chi connectivity index (χ4v) is 2.59. The second kappa shape index (κ2) is 3.64. The minimum Gasteiger partial charge on any atom is -0.465 e. The maximum atomic E-state index is 5.76. The molecule has 3 heterocycles. The smallest absolute Gasteiger partial charge is 0.229 e. The van der Waals surface area contributed by atoms with E-state index in [-0.39, 0.29) is 12.4 Å². The van der Waals surface area contributed by atoms with Crippen molar-refractivity contribution >= 4 is 0 Å². The van der Waals surface area contributed by atoms with Crippen molar-refractivity contribution in [3.05, 3.63) is 12.0 Å². The summed E-state index contributed by atoms with van der Waals surface area (Å²) in [4.78, 5) is 2.32. The van der Waals surface area contributed by atoms with Gasteiger partial charge in [-0.3, -0.25) is 0 Å². The molecule has 0 spiro atoms. The van der Waals surface area contributed by atoms with Crippen molar-refractivity contribution in [3.63, 3.8) is 0 Å². The van der Waals surface area contributed by atoms with E-state index in [4.69, 9.17) is 14.2 Å². The van der Waals surface area contributed by atoms with Crippen molar-refractivity contribution in [2.45, 2.75) is 51.3 Å². The Morgan fingerprint density at radius 1 is 1.25 bits per heavy atom. The van der Waals surface area contributed by atoms with E-state index < -0.39 is 5.79 Å². The molecular weight excluding hydrogens is 206 g/mol. The number of fused-ring (bicyclic) bond motifs is 1. The van der Waals surface area contributed by atoms with Crippen LogP contribution in [0.15, 0.2) is 12.0 Å². The third-order valence-corrected chi connectivity index (χ3v) is 3.28. The molecule has 3 rings (SSSR count). The topological polar surface area (TPSA) is 30.9 Å². The van der Waals surface area contributed by atoms with Gasteiger partial charge in [0.25, 0.3) is 0 Å². The number of likely N-dealkylation sites (tertiary alicyclic amines) is 1. The van der Waals surface area contributed by atoms with Crippen molar-refractivity contribution < 1.29 is 14.2 Å². The lowest BCUT2D eigenvalue weighted by atomic mass is 10.2. The fraction of sp³-hybridized carbons (Fsp3) is 0.833. The minimum atomic E-state index is -0.492. The molecule has 3 aliphatic heterocycles. The first-order valence-electron chi connectivity index (χ1n) is 6.09. The maximum absolute atomic E-state index is 5.76. The van der Waals surface area contributed by atoms with Crippen LogP contribution in [0.1, 0.15) is 33.1 Å². The van der Waals surface area contributed by atoms with Gasteiger partial charge in [0, 0.05) is 25.7 Å². The molecule has 3 saturated heterocycles. The largest absolute Gasteiger partial charge is 0.465 e. The van der Waals surface area contributed by atoms with Gasteiger partial charge in [-0.2, -0.15) is 0 Å². The van der Waals surface area contributed by atoms with Crippen LogP contribution >= 0.6 is 0 Å². The third-order valence-electron chi connectivity index (χ3n) is 3.28. The second-order valence-electron chi connectivity index (χ2n) is 5.20. The van der Waals surface area contributed by atoms with E-state index in [1.807, 2.05) is 13.8 Å². The van der Waals surface area contributed by atoms with E-state index in [2.05, 4.69) is 11.1 Å². The highest BCUT2D eigenvalue weighted by atomic mass is 16.8. The number of hydrogen-bond acceptors (Lipinski definition) is 4. The van der Waals surface area contributed by atoms with Gasteiger partial charge in [0.15, 0.2) is 5.79 Å². The maximum Gasteiger partial charge on any atom is 0.229 e. The molecule has 0 saturated carbocycles. The van der Waals surface area contributed by atoms with Gasteiger partial charge in [-0.1, -0.05) is 0 Å². The SMILES string of the molecule is CC1(C)O[C@H]2O/C(=C\N3CCCC3)C[C@H]2O1. The summed E-state index contributed by atoms with van der Waals surface area (Å²) in [6, 6.07) is 0. The number of ether oxygens (including phenoxy) is 3. The summed E-state index contributed by atoms with van der Waals surface area (Å²) < 4.78 is 17.2. The molecule has 4 nitrogen and oxygen atoms in total. The van der Waals surface area contributed by atoms with E-state index in [1.54, 1.807) is 0 Å². The zero-order chi connectivity index (χ0) is 11.2. The van der Waals surface area contributed by atoms with Crippen LogP contribution in [0.25, 0.3) is 0 Å². The molecule has 0 aromatic heterocycles. The normalized spacial score (nSPS) is 39.1. The molecule has 0 bridgehead atoms. The van der Waals surface area contributed by atoms with Gasteiger partial charge in [0.05, 0.1) is 0 Å². The zero-order valence-electron chi connectivity index (χ0n) is 9.94. The molecule has 3 fully saturated rings. The molecule has 0 unspecified atom stereocenters. The van der Waals surface area contributed by atoms with Crippen molar-refractivity contribution in [2.24, 2.45) is 0 Å². The standard InChI is InChI=1S/C12H19NO3/c1-12(2)15-10-7-9(14-11(10)16-12)8-13-5-3-4-6-13/h8,10-11H,3-7H2,1-2H3/b9-8-/t10-,11-/m1/s1. The van der Waals surface area contributed by atoms with Gasteiger partial charge in [0.1, 0.15) is 11.9 Å². The van der Waals surface area contributed by atoms with E-state index in [9.17, 15) is 0 Å². The lowest BCUT2D eigenvalue weighted by molar-refractivity contribution is -0.183. The molecule has 0 aromatic rings. The minimum absolute atomic E-state index is 0.0730. The molecule has 0 N–H and O–H groups in total. The first-order valence-corrected chi connectivity index (χ1v) is 6.09. The van der Waals surface area contributed by atoms with Gasteiger partial charge in [-0.15, -0.1) is 0 Å². The summed E-state index contributed by atoms with van der Waals surface area (Å²) in [7, 11) is 0. The van der Waals surface area contributed by atoms with E-state index in [0.29, 0.717) is 0 Å². The average molecular weight is 225 g/mol. The zero-order valence-corrected chi connectivity index (χ0v) is 9.94. The summed E-state index contributed by atoms with van der Waals surface area (Å²) in [5, 5.41) is 0. The summed E-state index contributed by atoms with van der Waals surface area (Å²) in [5.41, 5.74) is 0. The molecule has 90 valence electrons. The Morgan fingerprint density at radius 3 is 2.69 bits per heavy atom. The van der Waals surface area contributed by atoms with Crippen LogP contribution in [0.2, 0.25) is 0 Å². The average Bonchev–Trinajstić information content (AvgIpc) is 2.80. The van der Waals surface area contributed by atoms with Gasteiger partial charge >= 0.3 is 0 Å². The van der Waals surface area contributed by atoms with Gasteiger partial charge in [0.2, 0.25) is 6.29 Å². The molecule has 0 amide bonds. The van der Waals surface area contributed by atoms with Crippen molar-refractivity contribution in [1.82, 2.24) is 4.90 Å². The van der Waals surface area contributed by atoms with Gasteiger partial charge < -0.3 is 19.1 Å². The number of nitrogens with zero attached hydrogens (tertiary/aromatic N) is 1. The predicted octanol–water partition coefficient (Wildman–Crippen LogP) is 1.82. The first kappa shape index (κ1) is 10.4. The van der Waals surface area contributed by atoms with Crippen LogP contribution < -0.4 is 0 Å². The van der Waals surface area contributed by atoms with Crippen LogP contribution in [0.5, 0.6) is 0 Å². The molecular formula is C12H19NO3. The second-order valence-corrected chi connectivity index (χ2v) is 5.20. The van der Waals surface area contributed by atoms with E-state index >= 15 is 0 Å². The van der Waals surface area contributed by atoms with Gasteiger partial charge in [-0.05, 0) is 26.7 Å². The van der Waals surface area contributed by atoms with Crippen LogP contribution in [0, 0.1) is 0 Å². The van der Waals surface area contributed by atoms with Crippen LogP contribution in [0.4, 0.5) is 0 Å². The highest BCUT2D eigenvalue weighted by Gasteiger charge is 2.47. The number of rotatable bonds is 1. The Labute approximate surface area is 96.1 Å². The Morgan fingerprint density at radius 2 is 2.00 bits per heavy atom. The molecule has 0 aromatic carbocycles. The fourth-order valence-electron chi connectivity index (χ4n) is 2.59. The molecule has 0 radical (unpaired) electrons. The molecule has 0 aliphatic carbocycles. The Bertz CT molecular complexity index is 289. The highest BCUT2D eigenvalue weighted by molar-refractivity contribution is 5.04. The quantitative estimate of drug-likeness (QED) is 0.681. The third kappa shape index (κ3) is 1.92. The predicted molar refractivity (Wildman–Crippen MR) is 58.4 cm³/mol. The van der Waals surface area contributed by atoms with E-state index in [0.717, 1.165) is 25.3 Å². The Balaban J connectivity index is 1.63. The monoisotopic (exact) mass is 225 g/mol. The van der Waals surface area contributed by atoms with Crippen molar-refractivity contribution in [2.75, 3.05) is 13.1 Å².